The van der Waals surface area contributed by atoms with E-state index in [9.17, 15) is 25.2 Å². The molecule has 38 heavy (non-hydrogen) atoms. The lowest BCUT2D eigenvalue weighted by Crippen LogP contribution is -2.51. The zero-order chi connectivity index (χ0) is 28.3. The van der Waals surface area contributed by atoms with Crippen molar-refractivity contribution in [2.45, 2.75) is 179 Å². The lowest BCUT2D eigenvalue weighted by atomic mass is 10.0. The molecule has 0 aromatic carbocycles. The summed E-state index contributed by atoms with van der Waals surface area (Å²) >= 11 is 0. The standard InChI is InChI=1S/C31H63NO6/c1-2-3-4-5-6-7-8-9-10-11-12-13-14-15-16-17-18-19-20-21-22-23-24-25-32-31(38)30(37)29(36)28(35)27(34)26-33/h27-30,33-37H,2-26H2,1H3,(H,32,38)/t27-,28-,29+,30-/m1/s1. The summed E-state index contributed by atoms with van der Waals surface area (Å²) in [6, 6.07) is 0. The smallest absolute Gasteiger partial charge is 0.251 e. The maximum atomic E-state index is 11.8. The van der Waals surface area contributed by atoms with Gasteiger partial charge in [0.2, 0.25) is 0 Å². The van der Waals surface area contributed by atoms with E-state index in [0.29, 0.717) is 6.54 Å². The molecule has 0 heterocycles. The zero-order valence-corrected chi connectivity index (χ0v) is 24.6. The minimum atomic E-state index is -1.86. The molecule has 0 spiro atoms. The molecule has 228 valence electrons. The third-order valence-electron chi connectivity index (χ3n) is 7.60. The molecule has 0 aromatic rings. The summed E-state index contributed by atoms with van der Waals surface area (Å²) in [6.07, 6.45) is 23.4. The van der Waals surface area contributed by atoms with Crippen LogP contribution >= 0.6 is 0 Å². The molecule has 0 unspecified atom stereocenters. The fraction of sp³-hybridized carbons (Fsp3) is 0.968. The molecule has 7 nitrogen and oxygen atoms in total. The number of aliphatic hydroxyl groups excluding tert-OH is 5. The minimum absolute atomic E-state index is 0.389. The van der Waals surface area contributed by atoms with Gasteiger partial charge in [-0.1, -0.05) is 148 Å². The predicted octanol–water partition coefficient (Wildman–Crippen LogP) is 5.53. The van der Waals surface area contributed by atoms with Crippen LogP contribution in [0.3, 0.4) is 0 Å². The summed E-state index contributed by atoms with van der Waals surface area (Å²) in [5.74, 6) is -0.791. The van der Waals surface area contributed by atoms with Crippen LogP contribution in [0.4, 0.5) is 0 Å². The highest BCUT2D eigenvalue weighted by atomic mass is 16.4. The van der Waals surface area contributed by atoms with Crippen LogP contribution in [0.15, 0.2) is 0 Å². The molecule has 0 aromatic heterocycles. The number of amides is 1. The van der Waals surface area contributed by atoms with Crippen molar-refractivity contribution in [3.8, 4) is 0 Å². The third kappa shape index (κ3) is 22.1. The average Bonchev–Trinajstić information content (AvgIpc) is 2.93. The summed E-state index contributed by atoms with van der Waals surface area (Å²) in [5, 5.41) is 49.7. The van der Waals surface area contributed by atoms with E-state index in [1.165, 1.54) is 128 Å². The molecule has 0 fully saturated rings. The second-order valence-corrected chi connectivity index (χ2v) is 11.2. The number of carbonyl (C=O) groups is 1. The van der Waals surface area contributed by atoms with Crippen molar-refractivity contribution in [1.29, 1.82) is 0 Å². The largest absolute Gasteiger partial charge is 0.394 e. The Morgan fingerprint density at radius 3 is 1.16 bits per heavy atom. The Morgan fingerprint density at radius 1 is 0.526 bits per heavy atom. The van der Waals surface area contributed by atoms with Gasteiger partial charge >= 0.3 is 0 Å². The zero-order valence-electron chi connectivity index (χ0n) is 24.6. The number of hydrogen-bond donors (Lipinski definition) is 6. The molecule has 1 amide bonds. The second kappa shape index (κ2) is 27.8. The van der Waals surface area contributed by atoms with Gasteiger partial charge in [-0.3, -0.25) is 4.79 Å². The Hall–Kier alpha value is -0.730. The summed E-state index contributed by atoms with van der Waals surface area (Å²) in [6.45, 7) is 1.90. The van der Waals surface area contributed by atoms with Gasteiger partial charge in [-0.15, -0.1) is 0 Å². The maximum absolute atomic E-state index is 11.8. The number of nitrogens with one attached hydrogen (secondary N) is 1. The van der Waals surface area contributed by atoms with E-state index < -0.39 is 36.9 Å². The minimum Gasteiger partial charge on any atom is -0.394 e. The first kappa shape index (κ1) is 37.3. The average molecular weight is 546 g/mol. The van der Waals surface area contributed by atoms with Gasteiger partial charge in [0.15, 0.2) is 6.10 Å². The summed E-state index contributed by atoms with van der Waals surface area (Å²) in [7, 11) is 0. The molecular weight excluding hydrogens is 482 g/mol. The number of unbranched alkanes of at least 4 members (excludes halogenated alkanes) is 22. The number of aliphatic hydroxyl groups is 5. The van der Waals surface area contributed by atoms with Gasteiger partial charge in [-0.25, -0.2) is 0 Å². The van der Waals surface area contributed by atoms with Crippen LogP contribution in [0.1, 0.15) is 155 Å². The molecular formula is C31H63NO6. The lowest BCUT2D eigenvalue weighted by molar-refractivity contribution is -0.148. The van der Waals surface area contributed by atoms with Crippen molar-refractivity contribution in [3.63, 3.8) is 0 Å². The monoisotopic (exact) mass is 545 g/mol. The van der Waals surface area contributed by atoms with E-state index >= 15 is 0 Å². The Bertz CT molecular complexity index is 507. The van der Waals surface area contributed by atoms with Gasteiger partial charge < -0.3 is 30.8 Å². The third-order valence-corrected chi connectivity index (χ3v) is 7.60. The normalized spacial score (nSPS) is 14.8. The van der Waals surface area contributed by atoms with Crippen molar-refractivity contribution in [3.05, 3.63) is 0 Å². The van der Waals surface area contributed by atoms with Gasteiger partial charge in [0.1, 0.15) is 18.3 Å². The van der Waals surface area contributed by atoms with Crippen molar-refractivity contribution >= 4 is 5.91 Å². The first-order valence-electron chi connectivity index (χ1n) is 16.1. The Kier molecular flexibility index (Phi) is 27.3. The van der Waals surface area contributed by atoms with Gasteiger partial charge in [0, 0.05) is 6.54 Å². The molecule has 0 rings (SSSR count). The molecule has 0 saturated carbocycles. The molecule has 4 atom stereocenters. The van der Waals surface area contributed by atoms with Crippen molar-refractivity contribution in [1.82, 2.24) is 5.32 Å². The first-order chi connectivity index (χ1) is 18.5. The summed E-state index contributed by atoms with van der Waals surface area (Å²) in [5.41, 5.74) is 0. The highest BCUT2D eigenvalue weighted by molar-refractivity contribution is 5.81. The van der Waals surface area contributed by atoms with Gasteiger partial charge in [0.05, 0.1) is 6.61 Å². The van der Waals surface area contributed by atoms with Crippen LogP contribution in [0.25, 0.3) is 0 Å². The quantitative estimate of drug-likeness (QED) is 0.0685. The predicted molar refractivity (Wildman–Crippen MR) is 156 cm³/mol. The first-order valence-corrected chi connectivity index (χ1v) is 16.1. The van der Waals surface area contributed by atoms with Crippen LogP contribution in [-0.2, 0) is 4.79 Å². The van der Waals surface area contributed by atoms with Gasteiger partial charge in [0.25, 0.3) is 5.91 Å². The highest BCUT2D eigenvalue weighted by Crippen LogP contribution is 2.15. The van der Waals surface area contributed by atoms with Crippen molar-refractivity contribution in [2.24, 2.45) is 0 Å². The van der Waals surface area contributed by atoms with Gasteiger partial charge in [-0.2, -0.15) is 0 Å². The maximum Gasteiger partial charge on any atom is 0.251 e. The number of hydrogen-bond acceptors (Lipinski definition) is 6. The highest BCUT2D eigenvalue weighted by Gasteiger charge is 2.33. The Labute approximate surface area is 233 Å². The van der Waals surface area contributed by atoms with E-state index in [4.69, 9.17) is 5.11 Å². The van der Waals surface area contributed by atoms with Gasteiger partial charge in [-0.05, 0) is 6.42 Å². The second-order valence-electron chi connectivity index (χ2n) is 11.2. The van der Waals surface area contributed by atoms with E-state index in [-0.39, 0.29) is 0 Å². The SMILES string of the molecule is CCCCCCCCCCCCCCCCCCCCCCCCCNC(=O)[C@H](O)[C@@H](O)[C@H](O)[C@H](O)CO. The van der Waals surface area contributed by atoms with Crippen LogP contribution in [0.5, 0.6) is 0 Å². The van der Waals surface area contributed by atoms with Crippen LogP contribution < -0.4 is 5.32 Å². The molecule has 0 saturated heterocycles. The molecule has 6 N–H and O–H groups in total. The van der Waals surface area contributed by atoms with E-state index in [1.54, 1.807) is 0 Å². The van der Waals surface area contributed by atoms with E-state index in [1.807, 2.05) is 0 Å². The van der Waals surface area contributed by atoms with E-state index in [2.05, 4.69) is 12.2 Å². The summed E-state index contributed by atoms with van der Waals surface area (Å²) in [4.78, 5) is 11.8. The van der Waals surface area contributed by atoms with Crippen LogP contribution in [-0.4, -0.2) is 69.0 Å². The number of rotatable bonds is 29. The molecule has 0 aliphatic heterocycles. The molecule has 0 bridgehead atoms. The molecule has 7 heteroatoms. The topological polar surface area (TPSA) is 130 Å². The molecule has 0 radical (unpaired) electrons. The fourth-order valence-electron chi connectivity index (χ4n) is 4.90. The lowest BCUT2D eigenvalue weighted by Gasteiger charge is -2.24. The van der Waals surface area contributed by atoms with E-state index in [0.717, 1.165) is 19.3 Å². The molecule has 0 aliphatic rings. The van der Waals surface area contributed by atoms with Crippen molar-refractivity contribution in [2.75, 3.05) is 13.2 Å². The Morgan fingerprint density at radius 2 is 0.842 bits per heavy atom. The van der Waals surface area contributed by atoms with Crippen LogP contribution in [0, 0.1) is 0 Å². The fourth-order valence-corrected chi connectivity index (χ4v) is 4.90. The molecule has 0 aliphatic carbocycles. The summed E-state index contributed by atoms with van der Waals surface area (Å²) < 4.78 is 0. The number of carbonyl (C=O) groups excluding carboxylic acids is 1. The van der Waals surface area contributed by atoms with Crippen LogP contribution in [0.2, 0.25) is 0 Å². The Balaban J connectivity index is 3.32. The van der Waals surface area contributed by atoms with Crippen molar-refractivity contribution < 1.29 is 30.3 Å².